The lowest BCUT2D eigenvalue weighted by Gasteiger charge is -2.08. The van der Waals surface area contributed by atoms with E-state index in [1.165, 1.54) is 6.33 Å². The first-order chi connectivity index (χ1) is 10.7. The van der Waals surface area contributed by atoms with Crippen molar-refractivity contribution in [1.82, 2.24) is 19.7 Å². The largest absolute Gasteiger partial charge is 0.339 e. The summed E-state index contributed by atoms with van der Waals surface area (Å²) in [6, 6.07) is 13.0. The first kappa shape index (κ1) is 13.6. The molecule has 0 saturated heterocycles. The van der Waals surface area contributed by atoms with Crippen LogP contribution in [0.3, 0.4) is 0 Å². The molecule has 0 aliphatic carbocycles. The molecule has 2 aromatic heterocycles. The third-order valence-electron chi connectivity index (χ3n) is 2.95. The summed E-state index contributed by atoms with van der Waals surface area (Å²) in [6.45, 7) is 0. The summed E-state index contributed by atoms with van der Waals surface area (Å²) in [7, 11) is 1.84. The summed E-state index contributed by atoms with van der Waals surface area (Å²) in [6.07, 6.45) is 3.29. The van der Waals surface area contributed by atoms with Crippen LogP contribution < -0.4 is 10.6 Å². The van der Waals surface area contributed by atoms with Gasteiger partial charge in [0.1, 0.15) is 24.0 Å². The highest BCUT2D eigenvalue weighted by molar-refractivity contribution is 5.66. The molecule has 7 nitrogen and oxygen atoms in total. The number of aromatic nitrogens is 4. The lowest BCUT2D eigenvalue weighted by atomic mass is 10.2. The average molecular weight is 291 g/mol. The van der Waals surface area contributed by atoms with Crippen LogP contribution in [0.25, 0.3) is 0 Å². The molecule has 3 aromatic rings. The Morgan fingerprint density at radius 2 is 1.82 bits per heavy atom. The normalized spacial score (nSPS) is 10.0. The van der Waals surface area contributed by atoms with Gasteiger partial charge in [0, 0.05) is 25.4 Å². The fraction of sp³-hybridized carbons (Fsp3) is 0.0667. The van der Waals surface area contributed by atoms with Gasteiger partial charge in [-0.2, -0.15) is 10.4 Å². The predicted molar refractivity (Wildman–Crippen MR) is 83.0 cm³/mol. The van der Waals surface area contributed by atoms with E-state index in [1.807, 2.05) is 37.5 Å². The van der Waals surface area contributed by atoms with Crippen molar-refractivity contribution in [2.75, 3.05) is 10.6 Å². The van der Waals surface area contributed by atoms with E-state index < -0.39 is 0 Å². The van der Waals surface area contributed by atoms with Crippen LogP contribution in [0.2, 0.25) is 0 Å². The van der Waals surface area contributed by atoms with Crippen molar-refractivity contribution in [3.05, 3.63) is 54.5 Å². The van der Waals surface area contributed by atoms with Gasteiger partial charge in [0.2, 0.25) is 0 Å². The van der Waals surface area contributed by atoms with E-state index >= 15 is 0 Å². The number of hydrogen-bond donors (Lipinski definition) is 2. The van der Waals surface area contributed by atoms with Crippen LogP contribution in [0.5, 0.6) is 0 Å². The molecule has 0 fully saturated rings. The lowest BCUT2D eigenvalue weighted by molar-refractivity contribution is 0.771. The molecule has 0 radical (unpaired) electrons. The number of rotatable bonds is 4. The number of nitrogens with one attached hydrogen (secondary N) is 2. The second kappa shape index (κ2) is 5.93. The Morgan fingerprint density at radius 3 is 2.55 bits per heavy atom. The molecule has 0 aliphatic rings. The number of benzene rings is 1. The Labute approximate surface area is 127 Å². The molecule has 2 N–H and O–H groups in total. The van der Waals surface area contributed by atoms with Gasteiger partial charge < -0.3 is 10.6 Å². The maximum atomic E-state index is 9.10. The Kier molecular flexibility index (Phi) is 3.66. The summed E-state index contributed by atoms with van der Waals surface area (Å²) in [5, 5.41) is 19.5. The van der Waals surface area contributed by atoms with E-state index in [0.29, 0.717) is 28.7 Å². The Hall–Kier alpha value is -3.40. The zero-order valence-electron chi connectivity index (χ0n) is 11.9. The number of aryl methyl sites for hydroxylation is 1. The molecular formula is C15H13N7. The highest BCUT2D eigenvalue weighted by Gasteiger charge is 2.04. The van der Waals surface area contributed by atoms with Crippen molar-refractivity contribution in [1.29, 1.82) is 5.26 Å². The fourth-order valence-electron chi connectivity index (χ4n) is 1.93. The second-order valence-corrected chi connectivity index (χ2v) is 4.57. The molecule has 3 rings (SSSR count). The highest BCUT2D eigenvalue weighted by atomic mass is 15.3. The van der Waals surface area contributed by atoms with Crippen LogP contribution in [-0.4, -0.2) is 19.7 Å². The fourth-order valence-corrected chi connectivity index (χ4v) is 1.93. The van der Waals surface area contributed by atoms with Gasteiger partial charge in [-0.05, 0) is 12.1 Å². The van der Waals surface area contributed by atoms with Gasteiger partial charge in [-0.15, -0.1) is 0 Å². The molecule has 0 saturated carbocycles. The van der Waals surface area contributed by atoms with Crippen molar-refractivity contribution in [2.45, 2.75) is 0 Å². The summed E-state index contributed by atoms with van der Waals surface area (Å²) in [4.78, 5) is 8.31. The lowest BCUT2D eigenvalue weighted by Crippen LogP contribution is -2.00. The molecule has 0 bridgehead atoms. The molecule has 22 heavy (non-hydrogen) atoms. The van der Waals surface area contributed by atoms with Gasteiger partial charge in [0.05, 0.1) is 11.3 Å². The standard InChI is InChI=1S/C15H13N7/c1-22-7-6-13(21-22)20-15-8-14(17-10-18-15)19-12-5-3-2-4-11(12)9-16/h2-8,10H,1H3,(H2,17,18,19,20,21). The zero-order chi connectivity index (χ0) is 15.4. The van der Waals surface area contributed by atoms with E-state index in [9.17, 15) is 0 Å². The number of hydrogen-bond acceptors (Lipinski definition) is 6. The Morgan fingerprint density at radius 1 is 1.05 bits per heavy atom. The van der Waals surface area contributed by atoms with Crippen LogP contribution in [0, 0.1) is 11.3 Å². The summed E-state index contributed by atoms with van der Waals surface area (Å²) in [5.41, 5.74) is 1.26. The maximum absolute atomic E-state index is 9.10. The minimum atomic E-state index is 0.556. The minimum Gasteiger partial charge on any atom is -0.339 e. The van der Waals surface area contributed by atoms with E-state index in [-0.39, 0.29) is 0 Å². The van der Waals surface area contributed by atoms with Crippen LogP contribution >= 0.6 is 0 Å². The molecule has 0 unspecified atom stereocenters. The van der Waals surface area contributed by atoms with Crippen molar-refractivity contribution in [2.24, 2.45) is 7.05 Å². The Balaban J connectivity index is 1.81. The number of nitrogens with zero attached hydrogens (tertiary/aromatic N) is 5. The first-order valence-corrected chi connectivity index (χ1v) is 6.59. The van der Waals surface area contributed by atoms with E-state index in [4.69, 9.17) is 5.26 Å². The molecule has 0 spiro atoms. The molecule has 7 heteroatoms. The van der Waals surface area contributed by atoms with Crippen molar-refractivity contribution < 1.29 is 0 Å². The Bertz CT molecular complexity index is 832. The van der Waals surface area contributed by atoms with Gasteiger partial charge in [-0.1, -0.05) is 12.1 Å². The van der Waals surface area contributed by atoms with Gasteiger partial charge in [0.25, 0.3) is 0 Å². The number of nitriles is 1. The monoisotopic (exact) mass is 291 g/mol. The van der Waals surface area contributed by atoms with E-state index in [2.05, 4.69) is 31.8 Å². The molecule has 108 valence electrons. The second-order valence-electron chi connectivity index (χ2n) is 4.57. The van der Waals surface area contributed by atoms with Gasteiger partial charge >= 0.3 is 0 Å². The maximum Gasteiger partial charge on any atom is 0.153 e. The minimum absolute atomic E-state index is 0.556. The molecule has 2 heterocycles. The van der Waals surface area contributed by atoms with Crippen LogP contribution in [0.15, 0.2) is 48.9 Å². The average Bonchev–Trinajstić information content (AvgIpc) is 2.93. The van der Waals surface area contributed by atoms with Gasteiger partial charge in [-0.3, -0.25) is 4.68 Å². The van der Waals surface area contributed by atoms with Crippen molar-refractivity contribution in [3.63, 3.8) is 0 Å². The first-order valence-electron chi connectivity index (χ1n) is 6.59. The van der Waals surface area contributed by atoms with Crippen molar-refractivity contribution in [3.8, 4) is 6.07 Å². The third-order valence-corrected chi connectivity index (χ3v) is 2.95. The SMILES string of the molecule is Cn1ccc(Nc2cc(Nc3ccccc3C#N)ncn2)n1. The summed E-state index contributed by atoms with van der Waals surface area (Å²) in [5.74, 6) is 1.91. The molecule has 0 amide bonds. The predicted octanol–water partition coefficient (Wildman–Crippen LogP) is 2.57. The van der Waals surface area contributed by atoms with E-state index in [1.54, 1.807) is 16.8 Å². The van der Waals surface area contributed by atoms with Crippen LogP contribution in [0.4, 0.5) is 23.1 Å². The quantitative estimate of drug-likeness (QED) is 0.767. The van der Waals surface area contributed by atoms with Crippen molar-refractivity contribution >= 4 is 23.1 Å². The number of para-hydroxylation sites is 1. The highest BCUT2D eigenvalue weighted by Crippen LogP contribution is 2.20. The smallest absolute Gasteiger partial charge is 0.153 e. The third kappa shape index (κ3) is 3.02. The van der Waals surface area contributed by atoms with Gasteiger partial charge in [0.15, 0.2) is 5.82 Å². The number of anilines is 4. The molecule has 0 atom stereocenters. The summed E-state index contributed by atoms with van der Waals surface area (Å²) >= 11 is 0. The van der Waals surface area contributed by atoms with Gasteiger partial charge in [-0.25, -0.2) is 9.97 Å². The summed E-state index contributed by atoms with van der Waals surface area (Å²) < 4.78 is 1.70. The molecular weight excluding hydrogens is 278 g/mol. The van der Waals surface area contributed by atoms with Crippen LogP contribution in [-0.2, 0) is 7.05 Å². The topological polar surface area (TPSA) is 91.5 Å². The van der Waals surface area contributed by atoms with E-state index in [0.717, 1.165) is 0 Å². The molecule has 0 aliphatic heterocycles. The van der Waals surface area contributed by atoms with Crippen LogP contribution in [0.1, 0.15) is 5.56 Å². The zero-order valence-corrected chi connectivity index (χ0v) is 11.9. The molecule has 1 aromatic carbocycles.